The second-order valence-electron chi connectivity index (χ2n) is 14.0. The molecule has 4 aromatic heterocycles. The minimum atomic E-state index is -0.565. The van der Waals surface area contributed by atoms with Crippen molar-refractivity contribution in [1.82, 2.24) is 20.2 Å². The largest absolute Gasteiger partial charge is 0.496 e. The summed E-state index contributed by atoms with van der Waals surface area (Å²) in [5.41, 5.74) is 13.8. The number of primary amides is 1. The molecule has 0 aliphatic heterocycles. The molecule has 1 amide bonds. The summed E-state index contributed by atoms with van der Waals surface area (Å²) < 4.78 is 26.9. The first-order valence-corrected chi connectivity index (χ1v) is 18.3. The molecular weight excluding hydrogens is 664 g/mol. The van der Waals surface area contributed by atoms with Crippen molar-refractivity contribution in [2.45, 2.75) is 71.3 Å². The number of carbonyl (C=O) groups is 1. The van der Waals surface area contributed by atoms with Crippen LogP contribution in [0.2, 0.25) is 0 Å². The summed E-state index contributed by atoms with van der Waals surface area (Å²) >= 11 is 1.55. The van der Waals surface area contributed by atoms with E-state index in [1.165, 1.54) is 17.2 Å². The van der Waals surface area contributed by atoms with Gasteiger partial charge in [-0.2, -0.15) is 0 Å². The van der Waals surface area contributed by atoms with Crippen LogP contribution in [0.4, 0.5) is 10.2 Å². The zero-order chi connectivity index (χ0) is 35.4. The van der Waals surface area contributed by atoms with Gasteiger partial charge in [0.15, 0.2) is 0 Å². The third-order valence-electron chi connectivity index (χ3n) is 10.1. The molecule has 0 radical (unpaired) electrons. The molecule has 2 aliphatic carbocycles. The lowest BCUT2D eigenvalue weighted by Gasteiger charge is -2.21. The molecule has 9 nitrogen and oxygen atoms in total. The first-order valence-electron chi connectivity index (χ1n) is 17.4. The number of hydrogen-bond acceptors (Lipinski definition) is 9. The first-order chi connectivity index (χ1) is 24.7. The van der Waals surface area contributed by atoms with Crippen molar-refractivity contribution < 1.29 is 18.3 Å². The van der Waals surface area contributed by atoms with Gasteiger partial charge < -0.3 is 20.2 Å². The van der Waals surface area contributed by atoms with Gasteiger partial charge in [-0.3, -0.25) is 9.78 Å². The third-order valence-corrected chi connectivity index (χ3v) is 11.3. The number of rotatable bonds is 10. The minimum Gasteiger partial charge on any atom is -0.496 e. The van der Waals surface area contributed by atoms with Crippen LogP contribution in [0.1, 0.15) is 88.5 Å². The van der Waals surface area contributed by atoms with Crippen molar-refractivity contribution in [3.63, 3.8) is 0 Å². The Hall–Kier alpha value is -5.16. The van der Waals surface area contributed by atoms with E-state index < -0.39 is 5.91 Å². The summed E-state index contributed by atoms with van der Waals surface area (Å²) in [6.45, 7) is 5.94. The van der Waals surface area contributed by atoms with E-state index in [1.54, 1.807) is 31.4 Å². The van der Waals surface area contributed by atoms with Gasteiger partial charge in [-0.15, -0.1) is 21.5 Å². The number of ether oxygens (including phenoxy) is 1. The van der Waals surface area contributed by atoms with E-state index in [0.717, 1.165) is 69.0 Å². The highest BCUT2D eigenvalue weighted by Crippen LogP contribution is 2.47. The number of thiophene rings is 1. The molecule has 2 atom stereocenters. The zero-order valence-electron chi connectivity index (χ0n) is 29.0. The molecule has 8 rings (SSSR count). The van der Waals surface area contributed by atoms with Crippen LogP contribution >= 0.6 is 11.3 Å². The van der Waals surface area contributed by atoms with Gasteiger partial charge in [0.05, 0.1) is 40.4 Å². The number of aryl methyl sites for hydroxylation is 2. The Balaban J connectivity index is 1.30. The molecule has 51 heavy (non-hydrogen) atoms. The third kappa shape index (κ3) is 6.03. The van der Waals surface area contributed by atoms with Gasteiger partial charge in [0.1, 0.15) is 17.4 Å². The Labute approximate surface area is 299 Å². The van der Waals surface area contributed by atoms with Crippen LogP contribution in [-0.4, -0.2) is 33.2 Å². The van der Waals surface area contributed by atoms with Crippen LogP contribution in [0.3, 0.4) is 0 Å². The van der Waals surface area contributed by atoms with Crippen molar-refractivity contribution in [3.05, 3.63) is 106 Å². The number of amides is 1. The number of benzene rings is 2. The summed E-state index contributed by atoms with van der Waals surface area (Å²) in [4.78, 5) is 24.4. The van der Waals surface area contributed by atoms with Gasteiger partial charge in [-0.25, -0.2) is 9.37 Å². The van der Waals surface area contributed by atoms with Crippen molar-refractivity contribution in [1.29, 1.82) is 0 Å². The molecule has 0 saturated carbocycles. The predicted octanol–water partition coefficient (Wildman–Crippen LogP) is 8.53. The molecule has 3 N–H and O–H groups in total. The van der Waals surface area contributed by atoms with Crippen LogP contribution in [0, 0.1) is 18.7 Å². The monoisotopic (exact) mass is 702 g/mol. The van der Waals surface area contributed by atoms with Crippen molar-refractivity contribution in [2.24, 2.45) is 11.7 Å². The fourth-order valence-corrected chi connectivity index (χ4v) is 9.11. The summed E-state index contributed by atoms with van der Waals surface area (Å²) in [6, 6.07) is 15.4. The van der Waals surface area contributed by atoms with Crippen molar-refractivity contribution in [2.75, 3.05) is 12.4 Å². The van der Waals surface area contributed by atoms with Crippen LogP contribution < -0.4 is 15.8 Å². The number of hydrogen-bond donors (Lipinski definition) is 2. The molecule has 2 aromatic carbocycles. The van der Waals surface area contributed by atoms with Crippen LogP contribution in [0.15, 0.2) is 59.1 Å². The van der Waals surface area contributed by atoms with E-state index >= 15 is 0 Å². The Bertz CT molecular complexity index is 2310. The number of methoxy groups -OCH3 is 1. The average molecular weight is 703 g/mol. The van der Waals surface area contributed by atoms with E-state index in [4.69, 9.17) is 24.9 Å². The molecule has 0 fully saturated rings. The highest BCUT2D eigenvalue weighted by atomic mass is 32.1. The standard InChI is InChI=1S/C40H39FN6O3S/c1-20(2)16-30-34(38(42)48)36(35(40-47-46-21(3)50-40)31(44-30)18-23-9-8-22-17-25(41)10-11-26(22)23)33-19-24-14-15-43-39(37(24)51-33)45-29-13-12-28-27(29)6-5-7-32(28)49-4/h5-7,10-11,14-15,17,19-20,23,29H,8-9,12-13,16,18H2,1-4H3,(H2,42,48)(H,43,45). The SMILES string of the molecule is COc1cccc2c1CCC2Nc1nccc2cc(-c3c(C(N)=O)c(CC(C)C)nc(CC4CCc5cc(F)ccc54)c3-c3nnc(C)o3)sc12. The number of carbonyl (C=O) groups excluding carboxylic acids is 1. The van der Waals surface area contributed by atoms with Crippen LogP contribution in [0.5, 0.6) is 5.75 Å². The van der Waals surface area contributed by atoms with Gasteiger partial charge in [0, 0.05) is 23.6 Å². The number of fused-ring (bicyclic) bond motifs is 3. The van der Waals surface area contributed by atoms with Crippen molar-refractivity contribution in [3.8, 4) is 27.6 Å². The maximum absolute atomic E-state index is 14.2. The number of pyridine rings is 2. The highest BCUT2D eigenvalue weighted by molar-refractivity contribution is 7.23. The first kappa shape index (κ1) is 33.0. The predicted molar refractivity (Wildman–Crippen MR) is 197 cm³/mol. The van der Waals surface area contributed by atoms with Gasteiger partial charge in [0.2, 0.25) is 11.8 Å². The Kier molecular flexibility index (Phi) is 8.54. The van der Waals surface area contributed by atoms with Crippen molar-refractivity contribution >= 4 is 33.1 Å². The lowest BCUT2D eigenvalue weighted by molar-refractivity contribution is 0.0999. The number of anilines is 1. The number of nitrogens with zero attached hydrogens (tertiary/aromatic N) is 4. The second-order valence-corrected chi connectivity index (χ2v) is 15.0. The molecule has 0 bridgehead atoms. The Morgan fingerprint density at radius 3 is 2.71 bits per heavy atom. The Morgan fingerprint density at radius 1 is 1.08 bits per heavy atom. The molecule has 2 unspecified atom stereocenters. The topological polar surface area (TPSA) is 129 Å². The normalized spacial score (nSPS) is 16.5. The molecule has 2 aliphatic rings. The van der Waals surface area contributed by atoms with Gasteiger partial charge >= 0.3 is 0 Å². The van der Waals surface area contributed by atoms with E-state index in [-0.39, 0.29) is 29.6 Å². The van der Waals surface area contributed by atoms with E-state index in [1.807, 2.05) is 30.5 Å². The molecular formula is C40H39FN6O3S. The van der Waals surface area contributed by atoms with E-state index in [9.17, 15) is 9.18 Å². The molecule has 6 aromatic rings. The molecule has 0 saturated heterocycles. The minimum absolute atomic E-state index is 0.0739. The van der Waals surface area contributed by atoms with Gasteiger partial charge in [-0.1, -0.05) is 32.0 Å². The summed E-state index contributed by atoms with van der Waals surface area (Å²) in [5.74, 6) is 1.87. The number of aromatic nitrogens is 4. The lowest BCUT2D eigenvalue weighted by atomic mass is 9.88. The molecule has 0 spiro atoms. The highest BCUT2D eigenvalue weighted by Gasteiger charge is 2.33. The van der Waals surface area contributed by atoms with E-state index in [2.05, 4.69) is 41.5 Å². The second kappa shape index (κ2) is 13.2. The number of nitrogens with two attached hydrogens (primary N) is 1. The van der Waals surface area contributed by atoms with Crippen LogP contribution in [0.25, 0.3) is 32.0 Å². The summed E-state index contributed by atoms with van der Waals surface area (Å²) in [6.07, 6.45) is 6.39. The fourth-order valence-electron chi connectivity index (χ4n) is 7.95. The maximum Gasteiger partial charge on any atom is 0.251 e. The number of halogens is 1. The molecule has 260 valence electrons. The fraction of sp³-hybridized carbons (Fsp3) is 0.325. The smallest absolute Gasteiger partial charge is 0.251 e. The Morgan fingerprint density at radius 2 is 1.94 bits per heavy atom. The maximum atomic E-state index is 14.2. The van der Waals surface area contributed by atoms with Crippen LogP contribution in [-0.2, 0) is 25.7 Å². The average Bonchev–Trinajstić information content (AvgIpc) is 3.90. The molecule has 4 heterocycles. The summed E-state index contributed by atoms with van der Waals surface area (Å²) in [7, 11) is 1.71. The quantitative estimate of drug-likeness (QED) is 0.145. The zero-order valence-corrected chi connectivity index (χ0v) is 29.9. The molecule has 11 heteroatoms. The lowest BCUT2D eigenvalue weighted by Crippen LogP contribution is -2.20. The van der Waals surface area contributed by atoms with Gasteiger partial charge in [0.25, 0.3) is 5.91 Å². The number of nitrogens with one attached hydrogen (secondary N) is 1. The van der Waals surface area contributed by atoms with Gasteiger partial charge in [-0.05, 0) is 108 Å². The summed E-state index contributed by atoms with van der Waals surface area (Å²) in [5, 5.41) is 13.4. The van der Waals surface area contributed by atoms with E-state index in [0.29, 0.717) is 41.1 Å².